The average Bonchev–Trinajstić information content (AvgIpc) is 2.93. The van der Waals surface area contributed by atoms with Gasteiger partial charge < -0.3 is 11.4 Å². The van der Waals surface area contributed by atoms with Crippen LogP contribution in [0.1, 0.15) is 0 Å². The SMILES string of the molecule is Clc1ccc([O][Al]2[O]c3ccccc3N=Nc3c(ccc4ccccc34)[O]2)c2ncccc12. The molecular weight excluding hydrogens is 453 g/mol. The van der Waals surface area contributed by atoms with Gasteiger partial charge in [0.15, 0.2) is 0 Å². The van der Waals surface area contributed by atoms with Gasteiger partial charge in [-0.15, -0.1) is 10.2 Å². The summed E-state index contributed by atoms with van der Waals surface area (Å²) >= 11 is 3.52. The van der Waals surface area contributed by atoms with Crippen LogP contribution in [0.25, 0.3) is 21.7 Å². The van der Waals surface area contributed by atoms with E-state index < -0.39 is 15.1 Å². The summed E-state index contributed by atoms with van der Waals surface area (Å²) in [5.74, 6) is 1.63. The van der Waals surface area contributed by atoms with E-state index in [0.29, 0.717) is 39.2 Å². The van der Waals surface area contributed by atoms with Gasteiger partial charge in [-0.2, -0.15) is 0 Å². The lowest BCUT2D eigenvalue weighted by Crippen LogP contribution is -2.37. The monoisotopic (exact) mass is 467 g/mol. The number of benzene rings is 4. The molecule has 2 heterocycles. The van der Waals surface area contributed by atoms with E-state index in [0.717, 1.165) is 16.2 Å². The average molecular weight is 468 g/mol. The molecule has 33 heavy (non-hydrogen) atoms. The maximum Gasteiger partial charge on any atom is 1.20 e. The Hall–Kier alpha value is -3.63. The van der Waals surface area contributed by atoms with Gasteiger partial charge in [0.05, 0.1) is 5.02 Å². The minimum absolute atomic E-state index is 0.541. The highest BCUT2D eigenvalue weighted by atomic mass is 35.5. The van der Waals surface area contributed by atoms with Gasteiger partial charge in [0.2, 0.25) is 0 Å². The van der Waals surface area contributed by atoms with E-state index in [1.165, 1.54) is 0 Å². The van der Waals surface area contributed by atoms with E-state index in [9.17, 15) is 0 Å². The standard InChI is InChI=1S/C16H12N2O2.C9H6ClNO.Al/c19-14-8-4-3-7-13(14)17-18-16-12-6-2-1-5-11(12)9-10-15(16)20;10-7-3-4-8(12)9-6(7)2-1-5-11-9;/h1-10,19-20H;1-5,12H;/q;;+3/p-3. The molecule has 4 aromatic carbocycles. The highest BCUT2D eigenvalue weighted by molar-refractivity contribution is 6.40. The van der Waals surface area contributed by atoms with Gasteiger partial charge in [-0.25, -0.2) is 0 Å². The summed E-state index contributed by atoms with van der Waals surface area (Å²) in [5.41, 5.74) is 1.88. The van der Waals surface area contributed by atoms with Crippen LogP contribution in [-0.2, 0) is 0 Å². The first kappa shape index (κ1) is 20.0. The minimum atomic E-state index is -2.84. The number of aromatic nitrogens is 1. The van der Waals surface area contributed by atoms with Crippen LogP contribution >= 0.6 is 11.6 Å². The molecule has 0 bridgehead atoms. The van der Waals surface area contributed by atoms with Crippen molar-refractivity contribution in [2.45, 2.75) is 0 Å². The van der Waals surface area contributed by atoms with Crippen molar-refractivity contribution in [3.8, 4) is 17.2 Å². The molecule has 0 spiro atoms. The number of rotatable bonds is 2. The molecule has 6 rings (SSSR count). The van der Waals surface area contributed by atoms with E-state index in [1.807, 2.05) is 72.8 Å². The molecule has 0 aliphatic carbocycles. The molecule has 0 N–H and O–H groups in total. The molecule has 158 valence electrons. The van der Waals surface area contributed by atoms with Gasteiger partial charge in [-0.3, -0.25) is 4.98 Å². The number of hydrogen-bond acceptors (Lipinski definition) is 6. The Bertz CT molecular complexity index is 1540. The Kier molecular flexibility index (Phi) is 5.08. The summed E-state index contributed by atoms with van der Waals surface area (Å²) in [5, 5.41) is 12.4. The van der Waals surface area contributed by atoms with Gasteiger partial charge in [-0.05, 0) is 47.9 Å². The third-order valence-electron chi connectivity index (χ3n) is 5.34. The summed E-state index contributed by atoms with van der Waals surface area (Å²) in [4.78, 5) is 4.46. The van der Waals surface area contributed by atoms with Crippen molar-refractivity contribution < 1.29 is 11.4 Å². The summed E-state index contributed by atoms with van der Waals surface area (Å²) in [6, 6.07) is 26.6. The van der Waals surface area contributed by atoms with Crippen molar-refractivity contribution in [3.63, 3.8) is 0 Å². The Balaban J connectivity index is 1.49. The lowest BCUT2D eigenvalue weighted by Gasteiger charge is -2.18. The molecule has 0 unspecified atom stereocenters. The minimum Gasteiger partial charge on any atom is -0.576 e. The molecular formula is C25H15AlClN3O3. The molecule has 0 saturated carbocycles. The van der Waals surface area contributed by atoms with Gasteiger partial charge in [0.1, 0.15) is 34.1 Å². The zero-order valence-corrected chi connectivity index (χ0v) is 19.1. The Morgan fingerprint density at radius 3 is 2.52 bits per heavy atom. The van der Waals surface area contributed by atoms with E-state index in [-0.39, 0.29) is 0 Å². The van der Waals surface area contributed by atoms with E-state index in [2.05, 4.69) is 15.2 Å². The fourth-order valence-electron chi connectivity index (χ4n) is 3.77. The first-order valence-corrected chi connectivity index (χ1v) is 12.1. The molecule has 1 aliphatic rings. The largest absolute Gasteiger partial charge is 1.20 e. The molecule has 6 nitrogen and oxygen atoms in total. The van der Waals surface area contributed by atoms with Crippen molar-refractivity contribution in [3.05, 3.63) is 96.1 Å². The molecule has 0 amide bonds. The van der Waals surface area contributed by atoms with Crippen LogP contribution in [0.2, 0.25) is 5.02 Å². The molecule has 0 atom stereocenters. The van der Waals surface area contributed by atoms with Crippen LogP contribution in [0.4, 0.5) is 11.4 Å². The van der Waals surface area contributed by atoms with E-state index in [4.69, 9.17) is 23.0 Å². The summed E-state index contributed by atoms with van der Waals surface area (Å²) in [7, 11) is 0. The van der Waals surface area contributed by atoms with Gasteiger partial charge in [-0.1, -0.05) is 54.1 Å². The predicted octanol–water partition coefficient (Wildman–Crippen LogP) is 7.29. The van der Waals surface area contributed by atoms with Crippen LogP contribution in [0.15, 0.2) is 101 Å². The van der Waals surface area contributed by atoms with Crippen molar-refractivity contribution in [1.29, 1.82) is 0 Å². The first-order valence-electron chi connectivity index (χ1n) is 10.3. The number of nitrogens with zero attached hydrogens (tertiary/aromatic N) is 3. The van der Waals surface area contributed by atoms with Gasteiger partial charge in [0, 0.05) is 17.0 Å². The second-order valence-electron chi connectivity index (χ2n) is 7.39. The molecule has 5 aromatic rings. The summed E-state index contributed by atoms with van der Waals surface area (Å²) in [6.07, 6.45) is 1.70. The third kappa shape index (κ3) is 3.77. The first-order chi connectivity index (χ1) is 16.3. The van der Waals surface area contributed by atoms with Crippen LogP contribution in [0.3, 0.4) is 0 Å². The number of pyridine rings is 1. The summed E-state index contributed by atoms with van der Waals surface area (Å²) in [6.45, 7) is 0. The molecule has 8 heteroatoms. The Morgan fingerprint density at radius 1 is 0.727 bits per heavy atom. The highest BCUT2D eigenvalue weighted by Gasteiger charge is 2.46. The highest BCUT2D eigenvalue weighted by Crippen LogP contribution is 2.40. The van der Waals surface area contributed by atoms with Crippen molar-refractivity contribution in [2.75, 3.05) is 0 Å². The quantitative estimate of drug-likeness (QED) is 0.256. The molecule has 1 aromatic heterocycles. The Labute approximate surface area is 199 Å². The smallest absolute Gasteiger partial charge is 0.576 e. The van der Waals surface area contributed by atoms with Crippen LogP contribution in [0.5, 0.6) is 17.2 Å². The Morgan fingerprint density at radius 2 is 1.55 bits per heavy atom. The maximum atomic E-state index is 6.36. The second kappa shape index (κ2) is 8.38. The molecule has 0 radical (unpaired) electrons. The molecule has 0 fully saturated rings. The lowest BCUT2D eigenvalue weighted by atomic mass is 10.1. The zero-order chi connectivity index (χ0) is 22.2. The third-order valence-corrected chi connectivity index (χ3v) is 7.00. The fourth-order valence-corrected chi connectivity index (χ4v) is 5.33. The van der Waals surface area contributed by atoms with Crippen molar-refractivity contribution in [2.24, 2.45) is 10.2 Å². The second-order valence-corrected chi connectivity index (χ2v) is 9.08. The summed E-state index contributed by atoms with van der Waals surface area (Å²) < 4.78 is 18.9. The van der Waals surface area contributed by atoms with E-state index >= 15 is 0 Å². The van der Waals surface area contributed by atoms with Crippen LogP contribution in [0, 0.1) is 0 Å². The number of para-hydroxylation sites is 1. The van der Waals surface area contributed by atoms with Crippen molar-refractivity contribution >= 4 is 59.8 Å². The van der Waals surface area contributed by atoms with Crippen LogP contribution < -0.4 is 11.4 Å². The lowest BCUT2D eigenvalue weighted by molar-refractivity contribution is 0.310. The van der Waals surface area contributed by atoms with Gasteiger partial charge in [0.25, 0.3) is 0 Å². The maximum absolute atomic E-state index is 6.36. The zero-order valence-electron chi connectivity index (χ0n) is 17.2. The number of azo groups is 1. The normalized spacial score (nSPS) is 12.7. The molecule has 1 aliphatic heterocycles. The topological polar surface area (TPSA) is 65.3 Å². The number of fused-ring (bicyclic) bond motifs is 5. The van der Waals surface area contributed by atoms with Crippen LogP contribution in [-0.4, -0.2) is 20.1 Å². The number of hydrogen-bond donors (Lipinski definition) is 0. The fraction of sp³-hybridized carbons (Fsp3) is 0. The van der Waals surface area contributed by atoms with Crippen molar-refractivity contribution in [1.82, 2.24) is 4.98 Å². The van der Waals surface area contributed by atoms with Gasteiger partial charge >= 0.3 is 15.1 Å². The number of halogens is 1. The van der Waals surface area contributed by atoms with E-state index in [1.54, 1.807) is 18.3 Å². The molecule has 0 saturated heterocycles. The predicted molar refractivity (Wildman–Crippen MR) is 129 cm³/mol.